The molecule has 1 amide bonds. The van der Waals surface area contributed by atoms with Crippen LogP contribution < -0.4 is 0 Å². The maximum absolute atomic E-state index is 13.0. The minimum Gasteiger partial charge on any atom is -0.480 e. The van der Waals surface area contributed by atoms with E-state index in [2.05, 4.69) is 0 Å². The Labute approximate surface area is 154 Å². The van der Waals surface area contributed by atoms with Crippen LogP contribution in [0.1, 0.15) is 39.2 Å². The lowest BCUT2D eigenvalue weighted by Gasteiger charge is -2.40. The molecule has 1 aliphatic heterocycles. The third-order valence-electron chi connectivity index (χ3n) is 5.11. The summed E-state index contributed by atoms with van der Waals surface area (Å²) in [5.74, 6) is -0.696. The maximum Gasteiger partial charge on any atom is 0.317 e. The molecule has 6 heteroatoms. The van der Waals surface area contributed by atoms with E-state index in [0.29, 0.717) is 24.7 Å². The van der Waals surface area contributed by atoms with E-state index in [9.17, 15) is 9.59 Å². The number of benzene rings is 1. The summed E-state index contributed by atoms with van der Waals surface area (Å²) in [6.07, 6.45) is 1.62. The molecule has 1 N–H and O–H groups in total. The second-order valence-corrected chi connectivity index (χ2v) is 7.55. The number of amides is 1. The van der Waals surface area contributed by atoms with Crippen LogP contribution in [-0.2, 0) is 15.0 Å². The molecule has 0 atom stereocenters. The highest BCUT2D eigenvalue weighted by atomic mass is 35.5. The van der Waals surface area contributed by atoms with Crippen molar-refractivity contribution in [1.29, 1.82) is 0 Å². The maximum atomic E-state index is 13.0. The normalized spacial score (nSPS) is 16.3. The van der Waals surface area contributed by atoms with E-state index in [-0.39, 0.29) is 18.5 Å². The van der Waals surface area contributed by atoms with E-state index in [1.807, 2.05) is 54.8 Å². The predicted molar refractivity (Wildman–Crippen MR) is 99.0 cm³/mol. The van der Waals surface area contributed by atoms with E-state index >= 15 is 0 Å². The van der Waals surface area contributed by atoms with E-state index in [0.717, 1.165) is 18.4 Å². The fourth-order valence-corrected chi connectivity index (χ4v) is 3.62. The molecule has 1 saturated heterocycles. The molecule has 0 aliphatic carbocycles. The lowest BCUT2D eigenvalue weighted by Crippen LogP contribution is -2.51. The molecule has 0 bridgehead atoms. The van der Waals surface area contributed by atoms with E-state index < -0.39 is 11.4 Å². The molecule has 25 heavy (non-hydrogen) atoms. The number of hydrogen-bond acceptors (Lipinski definition) is 3. The number of carboxylic acids is 1. The molecule has 0 saturated carbocycles. The van der Waals surface area contributed by atoms with Gasteiger partial charge in [0, 0.05) is 24.2 Å². The highest BCUT2D eigenvalue weighted by Gasteiger charge is 2.36. The summed E-state index contributed by atoms with van der Waals surface area (Å²) >= 11 is 5.94. The van der Waals surface area contributed by atoms with Crippen molar-refractivity contribution in [3.63, 3.8) is 0 Å². The Morgan fingerprint density at radius 3 is 2.28 bits per heavy atom. The van der Waals surface area contributed by atoms with Crippen LogP contribution in [0.5, 0.6) is 0 Å². The Kier molecular flexibility index (Phi) is 6.47. The summed E-state index contributed by atoms with van der Waals surface area (Å²) in [5.41, 5.74) is 0.341. The minimum atomic E-state index is -0.802. The van der Waals surface area contributed by atoms with Crippen LogP contribution in [0.25, 0.3) is 0 Å². The number of halogens is 1. The van der Waals surface area contributed by atoms with Crippen LogP contribution >= 0.6 is 11.6 Å². The van der Waals surface area contributed by atoms with Crippen molar-refractivity contribution >= 4 is 23.5 Å². The van der Waals surface area contributed by atoms with Crippen LogP contribution in [-0.4, -0.2) is 59.0 Å². The van der Waals surface area contributed by atoms with Gasteiger partial charge in [0.05, 0.1) is 12.0 Å². The number of likely N-dealkylation sites (N-methyl/N-ethyl adjacent to an activating group) is 1. The Morgan fingerprint density at radius 1 is 1.24 bits per heavy atom. The summed E-state index contributed by atoms with van der Waals surface area (Å²) < 4.78 is 0. The second-order valence-electron chi connectivity index (χ2n) is 7.11. The first kappa shape index (κ1) is 19.7. The fourth-order valence-electron chi connectivity index (χ4n) is 3.49. The Morgan fingerprint density at radius 2 is 1.80 bits per heavy atom. The highest BCUT2D eigenvalue weighted by Crippen LogP contribution is 2.29. The number of aliphatic carboxylic acids is 1. The highest BCUT2D eigenvalue weighted by molar-refractivity contribution is 6.30. The van der Waals surface area contributed by atoms with Crippen molar-refractivity contribution < 1.29 is 14.7 Å². The van der Waals surface area contributed by atoms with Crippen LogP contribution in [0.2, 0.25) is 5.02 Å². The molecule has 1 heterocycles. The van der Waals surface area contributed by atoms with Crippen LogP contribution in [0.3, 0.4) is 0 Å². The van der Waals surface area contributed by atoms with Gasteiger partial charge in [0.15, 0.2) is 0 Å². The van der Waals surface area contributed by atoms with Gasteiger partial charge in [-0.2, -0.15) is 0 Å². The number of carbonyl (C=O) groups excluding carboxylic acids is 1. The summed E-state index contributed by atoms with van der Waals surface area (Å²) in [6.45, 7) is 7.95. The number of carbonyl (C=O) groups is 2. The lowest BCUT2D eigenvalue weighted by molar-refractivity contribution is -0.141. The minimum absolute atomic E-state index is 0.0609. The zero-order valence-corrected chi connectivity index (χ0v) is 15.9. The number of piperidine rings is 1. The van der Waals surface area contributed by atoms with Gasteiger partial charge < -0.3 is 10.0 Å². The molecule has 1 fully saturated rings. The van der Waals surface area contributed by atoms with Crippen molar-refractivity contribution in [2.45, 2.75) is 45.1 Å². The molecule has 0 unspecified atom stereocenters. The quantitative estimate of drug-likeness (QED) is 0.840. The van der Waals surface area contributed by atoms with Crippen LogP contribution in [0.4, 0.5) is 0 Å². The third kappa shape index (κ3) is 4.73. The monoisotopic (exact) mass is 366 g/mol. The summed E-state index contributed by atoms with van der Waals surface area (Å²) in [7, 11) is 0. The zero-order valence-electron chi connectivity index (χ0n) is 15.2. The van der Waals surface area contributed by atoms with Gasteiger partial charge in [0.2, 0.25) is 5.91 Å². The van der Waals surface area contributed by atoms with Gasteiger partial charge in [-0.05, 0) is 50.9 Å². The number of likely N-dealkylation sites (tertiary alicyclic amines) is 1. The average molecular weight is 367 g/mol. The summed E-state index contributed by atoms with van der Waals surface area (Å²) in [4.78, 5) is 27.9. The lowest BCUT2D eigenvalue weighted by atomic mass is 9.82. The van der Waals surface area contributed by atoms with Crippen molar-refractivity contribution in [3.05, 3.63) is 34.9 Å². The van der Waals surface area contributed by atoms with E-state index in [1.165, 1.54) is 0 Å². The van der Waals surface area contributed by atoms with E-state index in [4.69, 9.17) is 16.7 Å². The van der Waals surface area contributed by atoms with Crippen LogP contribution in [0, 0.1) is 0 Å². The molecule has 0 aromatic heterocycles. The zero-order chi connectivity index (χ0) is 18.6. The molecular weight excluding hydrogens is 340 g/mol. The molecule has 2 rings (SSSR count). The number of carboxylic acid groups (broad SMARTS) is 1. The Hall–Kier alpha value is -1.59. The Balaban J connectivity index is 2.00. The van der Waals surface area contributed by atoms with Crippen molar-refractivity contribution in [1.82, 2.24) is 9.80 Å². The average Bonchev–Trinajstić information content (AvgIpc) is 2.59. The van der Waals surface area contributed by atoms with Gasteiger partial charge in [-0.25, -0.2) is 0 Å². The molecule has 1 aromatic rings. The number of nitrogens with zero attached hydrogens (tertiary/aromatic N) is 2. The Bertz CT molecular complexity index is 608. The first-order chi connectivity index (χ1) is 11.8. The second kappa shape index (κ2) is 8.19. The molecule has 5 nitrogen and oxygen atoms in total. The van der Waals surface area contributed by atoms with Crippen LogP contribution in [0.15, 0.2) is 24.3 Å². The molecule has 1 aromatic carbocycles. The van der Waals surface area contributed by atoms with Gasteiger partial charge >= 0.3 is 5.97 Å². The number of rotatable bonds is 6. The summed E-state index contributed by atoms with van der Waals surface area (Å²) in [5, 5.41) is 9.68. The molecule has 0 spiro atoms. The van der Waals surface area contributed by atoms with Gasteiger partial charge in [0.1, 0.15) is 0 Å². The van der Waals surface area contributed by atoms with Gasteiger partial charge in [-0.15, -0.1) is 0 Å². The summed E-state index contributed by atoms with van der Waals surface area (Å²) in [6, 6.07) is 7.65. The predicted octanol–water partition coefficient (Wildman–Crippen LogP) is 3.02. The molecule has 0 radical (unpaired) electrons. The van der Waals surface area contributed by atoms with E-state index in [1.54, 1.807) is 0 Å². The SMILES string of the molecule is CCN(CC(=O)O)C1CCN(C(=O)C(C)(C)c2ccc(Cl)cc2)CC1. The number of hydrogen-bond donors (Lipinski definition) is 1. The molecule has 138 valence electrons. The molecule has 1 aliphatic rings. The topological polar surface area (TPSA) is 60.9 Å². The third-order valence-corrected chi connectivity index (χ3v) is 5.37. The fraction of sp³-hybridized carbons (Fsp3) is 0.579. The smallest absolute Gasteiger partial charge is 0.317 e. The molecular formula is C19H27ClN2O3. The first-order valence-corrected chi connectivity index (χ1v) is 9.14. The van der Waals surface area contributed by atoms with Crippen molar-refractivity contribution in [2.75, 3.05) is 26.2 Å². The van der Waals surface area contributed by atoms with Crippen molar-refractivity contribution in [2.24, 2.45) is 0 Å². The largest absolute Gasteiger partial charge is 0.480 e. The standard InChI is InChI=1S/C19H27ClN2O3/c1-4-21(13-17(23)24)16-9-11-22(12-10-16)18(25)19(2,3)14-5-7-15(20)8-6-14/h5-8,16H,4,9-13H2,1-3H3,(H,23,24). The first-order valence-electron chi connectivity index (χ1n) is 8.77. The van der Waals surface area contributed by atoms with Gasteiger partial charge in [-0.1, -0.05) is 30.7 Å². The van der Waals surface area contributed by atoms with Gasteiger partial charge in [0.25, 0.3) is 0 Å². The van der Waals surface area contributed by atoms with Gasteiger partial charge in [-0.3, -0.25) is 14.5 Å². The van der Waals surface area contributed by atoms with Crippen molar-refractivity contribution in [3.8, 4) is 0 Å².